The van der Waals surface area contributed by atoms with Crippen molar-refractivity contribution < 1.29 is 9.53 Å². The molecule has 3 heteroatoms. The maximum absolute atomic E-state index is 10.4. The predicted molar refractivity (Wildman–Crippen MR) is 59.4 cm³/mol. The lowest BCUT2D eigenvalue weighted by molar-refractivity contribution is -0.108. The van der Waals surface area contributed by atoms with Gasteiger partial charge in [0, 0.05) is 18.2 Å². The summed E-state index contributed by atoms with van der Waals surface area (Å²) in [6.45, 7) is 2.66. The van der Waals surface area contributed by atoms with Crippen LogP contribution in [0.5, 0.6) is 5.75 Å². The first kappa shape index (κ1) is 10.0. The van der Waals surface area contributed by atoms with Gasteiger partial charge in [0.05, 0.1) is 6.61 Å². The van der Waals surface area contributed by atoms with E-state index in [2.05, 4.69) is 11.4 Å². The maximum Gasteiger partial charge on any atom is 0.122 e. The van der Waals surface area contributed by atoms with E-state index >= 15 is 0 Å². The summed E-state index contributed by atoms with van der Waals surface area (Å²) in [6, 6.07) is 6.29. The average molecular weight is 205 g/mol. The molecule has 3 nitrogen and oxygen atoms in total. The fraction of sp³-hybridized carbons (Fsp3) is 0.417. The molecule has 0 aliphatic carbocycles. The third kappa shape index (κ3) is 2.12. The fourth-order valence-electron chi connectivity index (χ4n) is 1.93. The Morgan fingerprint density at radius 3 is 3.20 bits per heavy atom. The van der Waals surface area contributed by atoms with Gasteiger partial charge in [-0.25, -0.2) is 0 Å². The topological polar surface area (TPSA) is 38.3 Å². The summed E-state index contributed by atoms with van der Waals surface area (Å²) in [5, 5.41) is 3.32. The van der Waals surface area contributed by atoms with Gasteiger partial charge in [0.25, 0.3) is 0 Å². The first-order chi connectivity index (χ1) is 7.33. The molecule has 1 N–H and O–H groups in total. The highest BCUT2D eigenvalue weighted by Crippen LogP contribution is 2.30. The third-order valence-electron chi connectivity index (χ3n) is 2.59. The highest BCUT2D eigenvalue weighted by atomic mass is 16.5. The van der Waals surface area contributed by atoms with E-state index in [0.29, 0.717) is 13.0 Å². The van der Waals surface area contributed by atoms with Crippen molar-refractivity contribution in [2.45, 2.75) is 25.8 Å². The summed E-state index contributed by atoms with van der Waals surface area (Å²) in [5.74, 6) is 0.907. The van der Waals surface area contributed by atoms with Crippen molar-refractivity contribution in [3.05, 3.63) is 23.8 Å². The highest BCUT2D eigenvalue weighted by Gasteiger charge is 2.20. The van der Waals surface area contributed by atoms with E-state index < -0.39 is 0 Å². The highest BCUT2D eigenvalue weighted by molar-refractivity contribution is 5.62. The zero-order chi connectivity index (χ0) is 10.7. The van der Waals surface area contributed by atoms with Gasteiger partial charge in [0.2, 0.25) is 0 Å². The number of nitrogens with one attached hydrogen (secondary N) is 1. The Balaban J connectivity index is 2.12. The molecule has 1 unspecified atom stereocenters. The molecule has 1 aromatic rings. The summed E-state index contributed by atoms with van der Waals surface area (Å²) in [4.78, 5) is 10.4. The van der Waals surface area contributed by atoms with Crippen molar-refractivity contribution in [3.8, 4) is 5.75 Å². The molecule has 1 aromatic carbocycles. The van der Waals surface area contributed by atoms with Gasteiger partial charge in [0.1, 0.15) is 12.0 Å². The smallest absolute Gasteiger partial charge is 0.122 e. The molecule has 1 heterocycles. The number of carbonyl (C=O) groups excluding carboxylic acids is 1. The molecule has 80 valence electrons. The summed E-state index contributed by atoms with van der Waals surface area (Å²) in [7, 11) is 0. The summed E-state index contributed by atoms with van der Waals surface area (Å²) < 4.78 is 5.43. The van der Waals surface area contributed by atoms with E-state index in [4.69, 9.17) is 4.74 Å². The molecule has 0 spiro atoms. The molecular weight excluding hydrogens is 190 g/mol. The van der Waals surface area contributed by atoms with Gasteiger partial charge in [-0.2, -0.15) is 0 Å². The number of carbonyl (C=O) groups is 1. The molecule has 0 saturated heterocycles. The van der Waals surface area contributed by atoms with Gasteiger partial charge in [-0.05, 0) is 37.1 Å². The number of hydrogen-bond donors (Lipinski definition) is 1. The lowest BCUT2D eigenvalue weighted by Crippen LogP contribution is -2.15. The van der Waals surface area contributed by atoms with Gasteiger partial charge in [-0.15, -0.1) is 0 Å². The van der Waals surface area contributed by atoms with E-state index in [9.17, 15) is 4.79 Å². The van der Waals surface area contributed by atoms with Crippen LogP contribution in [0.4, 0.5) is 5.69 Å². The van der Waals surface area contributed by atoms with E-state index in [0.717, 1.165) is 24.1 Å². The molecule has 15 heavy (non-hydrogen) atoms. The van der Waals surface area contributed by atoms with Gasteiger partial charge in [0.15, 0.2) is 0 Å². The predicted octanol–water partition coefficient (Wildman–Crippen LogP) is 2.01. The average Bonchev–Trinajstić information content (AvgIpc) is 2.60. The minimum absolute atomic E-state index is 0.259. The second-order valence-electron chi connectivity index (χ2n) is 3.70. The fourth-order valence-corrected chi connectivity index (χ4v) is 1.93. The Morgan fingerprint density at radius 1 is 1.60 bits per heavy atom. The van der Waals surface area contributed by atoms with Gasteiger partial charge >= 0.3 is 0 Å². The molecule has 0 amide bonds. The van der Waals surface area contributed by atoms with E-state index in [1.165, 1.54) is 5.56 Å². The van der Waals surface area contributed by atoms with Gasteiger partial charge < -0.3 is 14.8 Å². The first-order valence-corrected chi connectivity index (χ1v) is 5.29. The van der Waals surface area contributed by atoms with Gasteiger partial charge in [-0.1, -0.05) is 0 Å². The Labute approximate surface area is 89.4 Å². The van der Waals surface area contributed by atoms with Crippen LogP contribution in [0, 0.1) is 0 Å². The van der Waals surface area contributed by atoms with Crippen molar-refractivity contribution in [2.75, 3.05) is 11.9 Å². The lowest BCUT2D eigenvalue weighted by Gasteiger charge is -2.06. The SMILES string of the molecule is CCOc1ccc2c(c1)CC(CC=O)N2. The van der Waals surface area contributed by atoms with Crippen LogP contribution in [-0.4, -0.2) is 18.9 Å². The molecule has 1 aliphatic heterocycles. The van der Waals surface area contributed by atoms with Crippen molar-refractivity contribution in [1.82, 2.24) is 0 Å². The Hall–Kier alpha value is -1.51. The van der Waals surface area contributed by atoms with Crippen molar-refractivity contribution >= 4 is 12.0 Å². The Bertz CT molecular complexity index is 363. The largest absolute Gasteiger partial charge is 0.494 e. The Morgan fingerprint density at radius 2 is 2.47 bits per heavy atom. The zero-order valence-electron chi connectivity index (χ0n) is 8.82. The molecule has 1 atom stereocenters. The number of benzene rings is 1. The Kier molecular flexibility index (Phi) is 2.90. The van der Waals surface area contributed by atoms with Crippen LogP contribution in [0.15, 0.2) is 18.2 Å². The number of fused-ring (bicyclic) bond motifs is 1. The van der Waals surface area contributed by atoms with Crippen LogP contribution < -0.4 is 10.1 Å². The minimum Gasteiger partial charge on any atom is -0.494 e. The van der Waals surface area contributed by atoms with Crippen LogP contribution in [0.1, 0.15) is 18.9 Å². The minimum atomic E-state index is 0.259. The van der Waals surface area contributed by atoms with E-state index in [-0.39, 0.29) is 6.04 Å². The number of ether oxygens (including phenoxy) is 1. The van der Waals surface area contributed by atoms with Crippen LogP contribution in [0.25, 0.3) is 0 Å². The number of rotatable bonds is 4. The summed E-state index contributed by atoms with van der Waals surface area (Å²) >= 11 is 0. The van der Waals surface area contributed by atoms with Crippen LogP contribution in [0.3, 0.4) is 0 Å². The van der Waals surface area contributed by atoms with Crippen LogP contribution in [0.2, 0.25) is 0 Å². The normalized spacial score (nSPS) is 18.1. The molecule has 0 radical (unpaired) electrons. The lowest BCUT2D eigenvalue weighted by atomic mass is 10.1. The monoisotopic (exact) mass is 205 g/mol. The molecular formula is C12H15NO2. The van der Waals surface area contributed by atoms with E-state index in [1.807, 2.05) is 19.1 Å². The van der Waals surface area contributed by atoms with E-state index in [1.54, 1.807) is 0 Å². The second-order valence-corrected chi connectivity index (χ2v) is 3.70. The molecule has 0 bridgehead atoms. The second kappa shape index (κ2) is 4.34. The number of anilines is 1. The molecule has 0 fully saturated rings. The molecule has 1 aliphatic rings. The molecule has 2 rings (SSSR count). The van der Waals surface area contributed by atoms with Gasteiger partial charge in [-0.3, -0.25) is 0 Å². The molecule has 0 aromatic heterocycles. The maximum atomic E-state index is 10.4. The number of hydrogen-bond acceptors (Lipinski definition) is 3. The zero-order valence-corrected chi connectivity index (χ0v) is 8.82. The standard InChI is InChI=1S/C12H15NO2/c1-2-15-11-3-4-12-9(8-11)7-10(13-12)5-6-14/h3-4,6,8,10,13H,2,5,7H2,1H3. The van der Waals surface area contributed by atoms with Crippen molar-refractivity contribution in [2.24, 2.45) is 0 Å². The quantitative estimate of drug-likeness (QED) is 0.764. The molecule has 0 saturated carbocycles. The summed E-state index contributed by atoms with van der Waals surface area (Å²) in [5.41, 5.74) is 2.37. The van der Waals surface area contributed by atoms with Crippen LogP contribution >= 0.6 is 0 Å². The van der Waals surface area contributed by atoms with Crippen molar-refractivity contribution in [1.29, 1.82) is 0 Å². The summed E-state index contributed by atoms with van der Waals surface area (Å²) in [6.07, 6.45) is 2.45. The third-order valence-corrected chi connectivity index (χ3v) is 2.59. The van der Waals surface area contributed by atoms with Crippen molar-refractivity contribution in [3.63, 3.8) is 0 Å². The number of aldehydes is 1. The van der Waals surface area contributed by atoms with Crippen LogP contribution in [-0.2, 0) is 11.2 Å². The first-order valence-electron chi connectivity index (χ1n) is 5.29.